The van der Waals surface area contributed by atoms with Crippen molar-refractivity contribution >= 4 is 5.95 Å². The van der Waals surface area contributed by atoms with Crippen LogP contribution in [0.3, 0.4) is 0 Å². The van der Waals surface area contributed by atoms with E-state index < -0.39 is 0 Å². The first-order valence-corrected chi connectivity index (χ1v) is 4.62. The van der Waals surface area contributed by atoms with E-state index in [1.807, 2.05) is 6.92 Å². The van der Waals surface area contributed by atoms with Gasteiger partial charge in [0, 0.05) is 25.4 Å². The molecule has 0 unspecified atom stereocenters. The zero-order valence-electron chi connectivity index (χ0n) is 8.34. The number of rotatable bonds is 4. The molecule has 0 saturated carbocycles. The van der Waals surface area contributed by atoms with Crippen molar-refractivity contribution in [2.45, 2.75) is 13.3 Å². The van der Waals surface area contributed by atoms with Crippen LogP contribution in [0.1, 0.15) is 11.5 Å². The molecule has 15 heavy (non-hydrogen) atoms. The SMILES string of the molecule is Cc1cnc(NCCc2ncno2)nc1. The number of nitrogens with zero attached hydrogens (tertiary/aromatic N) is 4. The number of aromatic nitrogens is 4. The van der Waals surface area contributed by atoms with Gasteiger partial charge < -0.3 is 9.84 Å². The van der Waals surface area contributed by atoms with Crippen LogP contribution in [0.25, 0.3) is 0 Å². The van der Waals surface area contributed by atoms with E-state index in [2.05, 4.69) is 25.4 Å². The molecule has 0 aliphatic rings. The van der Waals surface area contributed by atoms with E-state index in [0.29, 0.717) is 24.8 Å². The normalized spacial score (nSPS) is 10.2. The third-order valence-corrected chi connectivity index (χ3v) is 1.81. The molecule has 78 valence electrons. The average Bonchev–Trinajstić information content (AvgIpc) is 2.74. The lowest BCUT2D eigenvalue weighted by Gasteiger charge is -2.01. The summed E-state index contributed by atoms with van der Waals surface area (Å²) in [6, 6.07) is 0. The summed E-state index contributed by atoms with van der Waals surface area (Å²) in [5, 5.41) is 6.57. The number of hydrogen-bond donors (Lipinski definition) is 1. The monoisotopic (exact) mass is 205 g/mol. The van der Waals surface area contributed by atoms with Crippen molar-refractivity contribution in [2.24, 2.45) is 0 Å². The van der Waals surface area contributed by atoms with Crippen LogP contribution in [-0.4, -0.2) is 26.7 Å². The second kappa shape index (κ2) is 4.50. The van der Waals surface area contributed by atoms with E-state index in [1.165, 1.54) is 6.33 Å². The molecule has 2 aromatic rings. The van der Waals surface area contributed by atoms with E-state index in [0.717, 1.165) is 5.56 Å². The first-order chi connectivity index (χ1) is 7.34. The lowest BCUT2D eigenvalue weighted by molar-refractivity contribution is 0.379. The molecule has 1 N–H and O–H groups in total. The molecule has 0 fully saturated rings. The molecular weight excluding hydrogens is 194 g/mol. The van der Waals surface area contributed by atoms with Gasteiger partial charge in [-0.1, -0.05) is 5.16 Å². The van der Waals surface area contributed by atoms with Crippen LogP contribution < -0.4 is 5.32 Å². The third kappa shape index (κ3) is 2.73. The highest BCUT2D eigenvalue weighted by atomic mass is 16.5. The van der Waals surface area contributed by atoms with E-state index in [1.54, 1.807) is 12.4 Å². The molecule has 0 spiro atoms. The minimum Gasteiger partial charge on any atom is -0.354 e. The van der Waals surface area contributed by atoms with Crippen molar-refractivity contribution in [1.29, 1.82) is 0 Å². The third-order valence-electron chi connectivity index (χ3n) is 1.81. The molecule has 2 rings (SSSR count). The van der Waals surface area contributed by atoms with Crippen molar-refractivity contribution in [3.05, 3.63) is 30.2 Å². The van der Waals surface area contributed by atoms with E-state index in [4.69, 9.17) is 4.52 Å². The molecule has 0 amide bonds. The number of aryl methyl sites for hydroxylation is 1. The van der Waals surface area contributed by atoms with Gasteiger partial charge in [0.1, 0.15) is 0 Å². The Morgan fingerprint density at radius 1 is 1.27 bits per heavy atom. The van der Waals surface area contributed by atoms with Crippen LogP contribution in [0.15, 0.2) is 23.2 Å². The molecule has 0 radical (unpaired) electrons. The Balaban J connectivity index is 1.81. The molecule has 0 bridgehead atoms. The largest absolute Gasteiger partial charge is 0.354 e. The molecule has 6 nitrogen and oxygen atoms in total. The second-order valence-electron chi connectivity index (χ2n) is 3.10. The smallest absolute Gasteiger partial charge is 0.228 e. The molecule has 2 aromatic heterocycles. The highest BCUT2D eigenvalue weighted by Gasteiger charge is 1.99. The van der Waals surface area contributed by atoms with Crippen LogP contribution in [0.4, 0.5) is 5.95 Å². The Labute approximate surface area is 86.8 Å². The number of nitrogens with one attached hydrogen (secondary N) is 1. The maximum Gasteiger partial charge on any atom is 0.228 e. The van der Waals surface area contributed by atoms with Crippen LogP contribution in [0.2, 0.25) is 0 Å². The number of hydrogen-bond acceptors (Lipinski definition) is 6. The van der Waals surface area contributed by atoms with Gasteiger partial charge in [-0.15, -0.1) is 0 Å². The predicted octanol–water partition coefficient (Wildman–Crippen LogP) is 0.823. The van der Waals surface area contributed by atoms with Crippen LogP contribution in [0.5, 0.6) is 0 Å². The lowest BCUT2D eigenvalue weighted by atomic mass is 10.4. The molecule has 0 atom stereocenters. The topological polar surface area (TPSA) is 76.7 Å². The fourth-order valence-corrected chi connectivity index (χ4v) is 1.07. The predicted molar refractivity (Wildman–Crippen MR) is 53.3 cm³/mol. The summed E-state index contributed by atoms with van der Waals surface area (Å²) in [7, 11) is 0. The van der Waals surface area contributed by atoms with E-state index in [9.17, 15) is 0 Å². The first kappa shape index (κ1) is 9.57. The van der Waals surface area contributed by atoms with Gasteiger partial charge in [0.2, 0.25) is 11.8 Å². The van der Waals surface area contributed by atoms with Gasteiger partial charge in [-0.2, -0.15) is 4.98 Å². The van der Waals surface area contributed by atoms with Gasteiger partial charge in [-0.25, -0.2) is 9.97 Å². The summed E-state index contributed by atoms with van der Waals surface area (Å²) in [5.41, 5.74) is 1.04. The summed E-state index contributed by atoms with van der Waals surface area (Å²) >= 11 is 0. The van der Waals surface area contributed by atoms with Crippen molar-refractivity contribution in [3.8, 4) is 0 Å². The van der Waals surface area contributed by atoms with Crippen molar-refractivity contribution in [1.82, 2.24) is 20.1 Å². The molecule has 6 heteroatoms. The van der Waals surface area contributed by atoms with Crippen molar-refractivity contribution in [2.75, 3.05) is 11.9 Å². The van der Waals surface area contributed by atoms with Crippen molar-refractivity contribution < 1.29 is 4.52 Å². The van der Waals surface area contributed by atoms with Crippen LogP contribution in [-0.2, 0) is 6.42 Å². The molecule has 0 aliphatic heterocycles. The quantitative estimate of drug-likeness (QED) is 0.796. The molecule has 0 aromatic carbocycles. The summed E-state index contributed by atoms with van der Waals surface area (Å²) in [4.78, 5) is 12.1. The second-order valence-corrected chi connectivity index (χ2v) is 3.10. The average molecular weight is 205 g/mol. The van der Waals surface area contributed by atoms with Crippen LogP contribution in [0, 0.1) is 6.92 Å². The van der Waals surface area contributed by atoms with Crippen LogP contribution >= 0.6 is 0 Å². The minimum atomic E-state index is 0.606. The maximum absolute atomic E-state index is 4.85. The minimum absolute atomic E-state index is 0.606. The van der Waals surface area contributed by atoms with Gasteiger partial charge in [0.25, 0.3) is 0 Å². The molecular formula is C9H11N5O. The standard InChI is InChI=1S/C9H11N5O/c1-7-4-11-9(12-5-7)10-3-2-8-13-6-14-15-8/h4-6H,2-3H2,1H3,(H,10,11,12). The molecule has 0 saturated heterocycles. The van der Waals surface area contributed by atoms with Gasteiger partial charge in [-0.05, 0) is 12.5 Å². The summed E-state index contributed by atoms with van der Waals surface area (Å²) in [6.45, 7) is 2.62. The summed E-state index contributed by atoms with van der Waals surface area (Å²) < 4.78 is 4.85. The Hall–Kier alpha value is -1.98. The highest BCUT2D eigenvalue weighted by Crippen LogP contribution is 1.99. The van der Waals surface area contributed by atoms with Gasteiger partial charge >= 0.3 is 0 Å². The first-order valence-electron chi connectivity index (χ1n) is 4.62. The maximum atomic E-state index is 4.85. The van der Waals surface area contributed by atoms with E-state index in [-0.39, 0.29) is 0 Å². The fourth-order valence-electron chi connectivity index (χ4n) is 1.07. The summed E-state index contributed by atoms with van der Waals surface area (Å²) in [6.07, 6.45) is 5.58. The van der Waals surface area contributed by atoms with Crippen molar-refractivity contribution in [3.63, 3.8) is 0 Å². The van der Waals surface area contributed by atoms with Gasteiger partial charge in [0.05, 0.1) is 0 Å². The Bertz CT molecular complexity index is 397. The van der Waals surface area contributed by atoms with Gasteiger partial charge in [-0.3, -0.25) is 0 Å². The van der Waals surface area contributed by atoms with E-state index >= 15 is 0 Å². The lowest BCUT2D eigenvalue weighted by Crippen LogP contribution is -2.07. The highest BCUT2D eigenvalue weighted by molar-refractivity contribution is 5.24. The molecule has 0 aliphatic carbocycles. The fraction of sp³-hybridized carbons (Fsp3) is 0.333. The Morgan fingerprint density at radius 2 is 2.07 bits per heavy atom. The Kier molecular flexibility index (Phi) is 2.87. The number of anilines is 1. The molecule has 2 heterocycles. The zero-order chi connectivity index (χ0) is 10.5. The van der Waals surface area contributed by atoms with Gasteiger partial charge in [0.15, 0.2) is 6.33 Å². The zero-order valence-corrected chi connectivity index (χ0v) is 8.34. The summed E-state index contributed by atoms with van der Waals surface area (Å²) in [5.74, 6) is 1.22. The Morgan fingerprint density at radius 3 is 2.73 bits per heavy atom.